The Hall–Kier alpha value is -7.30. The lowest BCUT2D eigenvalue weighted by molar-refractivity contribution is 0.664. The number of hydrogen-bond donors (Lipinski definition) is 0. The summed E-state index contributed by atoms with van der Waals surface area (Å²) < 4.78 is 13.3. The van der Waals surface area contributed by atoms with Crippen molar-refractivity contribution in [3.05, 3.63) is 192 Å². The van der Waals surface area contributed by atoms with Crippen LogP contribution in [-0.4, -0.2) is 0 Å². The van der Waals surface area contributed by atoms with E-state index in [2.05, 4.69) is 207 Å². The van der Waals surface area contributed by atoms with Gasteiger partial charge in [0.2, 0.25) is 0 Å². The van der Waals surface area contributed by atoms with E-state index < -0.39 is 0 Å². The highest BCUT2D eigenvalue weighted by Gasteiger charge is 2.20. The molecular weight excluding hydrogens is 709 g/mol. The maximum absolute atomic E-state index is 6.67. The molecule has 4 nitrogen and oxygen atoms in total. The first-order chi connectivity index (χ1) is 28.4. The van der Waals surface area contributed by atoms with E-state index in [1.807, 2.05) is 0 Å². The van der Waals surface area contributed by atoms with E-state index in [0.29, 0.717) is 0 Å². The molecule has 4 heteroatoms. The van der Waals surface area contributed by atoms with Crippen molar-refractivity contribution < 1.29 is 8.83 Å². The highest BCUT2D eigenvalue weighted by atomic mass is 16.3. The fourth-order valence-electron chi connectivity index (χ4n) is 9.07. The van der Waals surface area contributed by atoms with Crippen LogP contribution in [0.15, 0.2) is 179 Å². The van der Waals surface area contributed by atoms with Crippen LogP contribution in [0.1, 0.15) is 22.3 Å². The Morgan fingerprint density at radius 3 is 1.05 bits per heavy atom. The Morgan fingerprint density at radius 2 is 0.655 bits per heavy atom. The molecule has 0 radical (unpaired) electrons. The SMILES string of the molecule is Cc1cccc(C)c1N(c1ccccc1)c1ccc2cc3c(cc2c1)oc1cc2c(cc13)oc1cc3cc(N(c4ccccc4)c4c(C)cccc4C)ccc3cc12. The Kier molecular flexibility index (Phi) is 7.70. The van der Waals surface area contributed by atoms with Gasteiger partial charge in [0.05, 0.1) is 11.4 Å². The number of benzene rings is 9. The molecule has 0 bridgehead atoms. The molecule has 0 saturated heterocycles. The third kappa shape index (κ3) is 5.44. The monoisotopic (exact) mass is 748 g/mol. The first kappa shape index (κ1) is 34.0. The van der Waals surface area contributed by atoms with Crippen molar-refractivity contribution in [1.29, 1.82) is 0 Å². The fourth-order valence-corrected chi connectivity index (χ4v) is 9.07. The van der Waals surface area contributed by atoms with E-state index in [0.717, 1.165) is 88.2 Å². The molecular formula is C54H40N2O2. The van der Waals surface area contributed by atoms with Gasteiger partial charge in [0.15, 0.2) is 0 Å². The molecule has 0 spiro atoms. The normalized spacial score (nSPS) is 11.8. The first-order valence-corrected chi connectivity index (χ1v) is 19.9. The van der Waals surface area contributed by atoms with Gasteiger partial charge in [-0.15, -0.1) is 0 Å². The van der Waals surface area contributed by atoms with Crippen LogP contribution in [0.2, 0.25) is 0 Å². The maximum Gasteiger partial charge on any atom is 0.136 e. The molecule has 0 N–H and O–H groups in total. The summed E-state index contributed by atoms with van der Waals surface area (Å²) in [5.74, 6) is 0. The number of aryl methyl sites for hydroxylation is 4. The van der Waals surface area contributed by atoms with Gasteiger partial charge in [0, 0.05) is 44.3 Å². The Balaban J connectivity index is 1.02. The molecule has 2 aromatic heterocycles. The third-order valence-electron chi connectivity index (χ3n) is 11.8. The highest BCUT2D eigenvalue weighted by Crippen LogP contribution is 2.44. The molecule has 11 aromatic rings. The van der Waals surface area contributed by atoms with Crippen LogP contribution in [0.25, 0.3) is 65.4 Å². The van der Waals surface area contributed by atoms with E-state index in [-0.39, 0.29) is 0 Å². The minimum absolute atomic E-state index is 0.852. The van der Waals surface area contributed by atoms with Gasteiger partial charge in [-0.05, 0) is 156 Å². The summed E-state index contributed by atoms with van der Waals surface area (Å²) in [6.07, 6.45) is 0. The van der Waals surface area contributed by atoms with Crippen LogP contribution in [-0.2, 0) is 0 Å². The van der Waals surface area contributed by atoms with Gasteiger partial charge in [0.1, 0.15) is 22.3 Å². The van der Waals surface area contributed by atoms with Gasteiger partial charge in [-0.1, -0.05) is 84.9 Å². The average Bonchev–Trinajstić information content (AvgIpc) is 3.76. The van der Waals surface area contributed by atoms with Crippen LogP contribution < -0.4 is 9.80 Å². The molecule has 58 heavy (non-hydrogen) atoms. The van der Waals surface area contributed by atoms with Gasteiger partial charge in [0.25, 0.3) is 0 Å². The smallest absolute Gasteiger partial charge is 0.136 e. The zero-order valence-corrected chi connectivity index (χ0v) is 32.9. The Morgan fingerprint density at radius 1 is 0.293 bits per heavy atom. The average molecular weight is 749 g/mol. The van der Waals surface area contributed by atoms with Crippen molar-refractivity contribution in [3.63, 3.8) is 0 Å². The van der Waals surface area contributed by atoms with Crippen molar-refractivity contribution in [2.75, 3.05) is 9.80 Å². The van der Waals surface area contributed by atoms with Crippen LogP contribution in [0.4, 0.5) is 34.1 Å². The molecule has 278 valence electrons. The van der Waals surface area contributed by atoms with E-state index >= 15 is 0 Å². The number of para-hydroxylation sites is 4. The molecule has 11 rings (SSSR count). The van der Waals surface area contributed by atoms with Crippen LogP contribution in [0.3, 0.4) is 0 Å². The molecule has 0 atom stereocenters. The molecule has 0 aliphatic carbocycles. The van der Waals surface area contributed by atoms with Gasteiger partial charge < -0.3 is 18.6 Å². The molecule has 0 aliphatic rings. The van der Waals surface area contributed by atoms with Crippen molar-refractivity contribution in [1.82, 2.24) is 0 Å². The van der Waals surface area contributed by atoms with E-state index in [9.17, 15) is 0 Å². The van der Waals surface area contributed by atoms with Crippen LogP contribution in [0, 0.1) is 27.7 Å². The van der Waals surface area contributed by atoms with Crippen LogP contribution in [0.5, 0.6) is 0 Å². The Bertz CT molecular complexity index is 3130. The zero-order valence-electron chi connectivity index (χ0n) is 32.9. The summed E-state index contributed by atoms with van der Waals surface area (Å²) >= 11 is 0. The summed E-state index contributed by atoms with van der Waals surface area (Å²) in [5, 5.41) is 8.82. The van der Waals surface area contributed by atoms with Crippen molar-refractivity contribution in [3.8, 4) is 0 Å². The summed E-state index contributed by atoms with van der Waals surface area (Å²) in [6.45, 7) is 8.73. The molecule has 0 saturated carbocycles. The number of fused-ring (bicyclic) bond motifs is 8. The highest BCUT2D eigenvalue weighted by molar-refractivity contribution is 6.18. The zero-order chi connectivity index (χ0) is 39.1. The molecule has 9 aromatic carbocycles. The van der Waals surface area contributed by atoms with Gasteiger partial charge >= 0.3 is 0 Å². The third-order valence-corrected chi connectivity index (χ3v) is 11.8. The molecule has 0 amide bonds. The second-order valence-electron chi connectivity index (χ2n) is 15.6. The van der Waals surface area contributed by atoms with Gasteiger partial charge in [-0.25, -0.2) is 0 Å². The second kappa shape index (κ2) is 13.1. The first-order valence-electron chi connectivity index (χ1n) is 19.9. The van der Waals surface area contributed by atoms with Gasteiger partial charge in [-0.2, -0.15) is 0 Å². The summed E-state index contributed by atoms with van der Waals surface area (Å²) in [5.41, 5.74) is 15.2. The largest absolute Gasteiger partial charge is 0.456 e. The summed E-state index contributed by atoms with van der Waals surface area (Å²) in [6, 6.07) is 60.8. The number of nitrogens with zero attached hydrogens (tertiary/aromatic N) is 2. The minimum atomic E-state index is 0.852. The van der Waals surface area contributed by atoms with E-state index in [1.54, 1.807) is 0 Å². The lowest BCUT2D eigenvalue weighted by atomic mass is 10.0. The quantitative estimate of drug-likeness (QED) is 0.170. The maximum atomic E-state index is 6.67. The van der Waals surface area contributed by atoms with Crippen LogP contribution >= 0.6 is 0 Å². The lowest BCUT2D eigenvalue weighted by Gasteiger charge is -2.29. The molecule has 2 heterocycles. The predicted molar refractivity (Wildman–Crippen MR) is 244 cm³/mol. The summed E-state index contributed by atoms with van der Waals surface area (Å²) in [7, 11) is 0. The van der Waals surface area contributed by atoms with E-state index in [1.165, 1.54) is 33.6 Å². The van der Waals surface area contributed by atoms with Crippen molar-refractivity contribution in [2.24, 2.45) is 0 Å². The topological polar surface area (TPSA) is 32.8 Å². The minimum Gasteiger partial charge on any atom is -0.456 e. The summed E-state index contributed by atoms with van der Waals surface area (Å²) in [4.78, 5) is 4.72. The van der Waals surface area contributed by atoms with Crippen molar-refractivity contribution >= 4 is 99.5 Å². The van der Waals surface area contributed by atoms with Crippen molar-refractivity contribution in [2.45, 2.75) is 27.7 Å². The molecule has 0 fully saturated rings. The Labute approximate surface area is 336 Å². The molecule has 0 unspecified atom stereocenters. The number of rotatable bonds is 6. The lowest BCUT2D eigenvalue weighted by Crippen LogP contribution is -2.12. The number of anilines is 6. The number of hydrogen-bond acceptors (Lipinski definition) is 4. The number of furan rings is 2. The van der Waals surface area contributed by atoms with Gasteiger partial charge in [-0.3, -0.25) is 0 Å². The predicted octanol–water partition coefficient (Wildman–Crippen LogP) is 16.0. The fraction of sp³-hybridized carbons (Fsp3) is 0.0741. The second-order valence-corrected chi connectivity index (χ2v) is 15.6. The molecule has 0 aliphatic heterocycles. The van der Waals surface area contributed by atoms with E-state index in [4.69, 9.17) is 8.83 Å². The standard InChI is InChI=1S/C54H40N2O2/c1-33-13-11-14-34(2)53(33)55(41-17-7-5-8-18-41)43-23-21-37-27-45-47-31-52-48(32-51(47)57-49(45)29-39(37)25-43)46-28-38-22-24-44(26-40(38)30-50(46)58-52)56(42-19-9-6-10-20-42)54-35(3)15-12-16-36(54)4/h5-32H,1-4H3.